The molecule has 0 unspecified atom stereocenters. The first-order chi connectivity index (χ1) is 18.2. The Morgan fingerprint density at radius 3 is 2.00 bits per heavy atom. The highest BCUT2D eigenvalue weighted by Crippen LogP contribution is 2.34. The molecule has 3 aromatic rings. The summed E-state index contributed by atoms with van der Waals surface area (Å²) in [4.78, 5) is 17.2. The number of hydrogen-bond acceptors (Lipinski definition) is 5. The number of thioether (sulfide) groups is 1. The number of esters is 1. The molecular formula is C32H38N2O2S. The van der Waals surface area contributed by atoms with E-state index in [0.717, 1.165) is 35.2 Å². The van der Waals surface area contributed by atoms with Crippen molar-refractivity contribution in [2.75, 3.05) is 12.4 Å². The highest BCUT2D eigenvalue weighted by atomic mass is 32.2. The van der Waals surface area contributed by atoms with Crippen LogP contribution < -0.4 is 0 Å². The number of benzene rings is 2. The summed E-state index contributed by atoms with van der Waals surface area (Å²) < 4.78 is 5.47. The summed E-state index contributed by atoms with van der Waals surface area (Å²) in [5.74, 6) is -0.135. The van der Waals surface area contributed by atoms with Crippen molar-refractivity contribution in [3.05, 3.63) is 72.3 Å². The molecule has 0 saturated carbocycles. The molecule has 0 radical (unpaired) electrons. The van der Waals surface area contributed by atoms with E-state index in [-0.39, 0.29) is 11.7 Å². The molecule has 4 nitrogen and oxygen atoms in total. The molecule has 1 heterocycles. The Bertz CT molecular complexity index is 1130. The van der Waals surface area contributed by atoms with E-state index in [2.05, 4.69) is 13.0 Å². The van der Waals surface area contributed by atoms with Crippen LogP contribution in [0.25, 0.3) is 22.4 Å². The second-order valence-electron chi connectivity index (χ2n) is 9.27. The SMILES string of the molecule is CCCCCCCCCCCCOC(=O)CSc1nc(-c2ccccc2)cc(-c2ccccc2)c1C#N. The average molecular weight is 515 g/mol. The van der Waals surface area contributed by atoms with Crippen LogP contribution in [0.1, 0.15) is 76.7 Å². The van der Waals surface area contributed by atoms with Crippen LogP contribution in [0.15, 0.2) is 71.8 Å². The van der Waals surface area contributed by atoms with E-state index in [4.69, 9.17) is 9.72 Å². The van der Waals surface area contributed by atoms with Gasteiger partial charge < -0.3 is 4.74 Å². The fraction of sp³-hybridized carbons (Fsp3) is 0.406. The van der Waals surface area contributed by atoms with Crippen LogP contribution >= 0.6 is 11.8 Å². The molecule has 0 aliphatic rings. The van der Waals surface area contributed by atoms with Crippen molar-refractivity contribution >= 4 is 17.7 Å². The number of ether oxygens (including phenoxy) is 1. The second-order valence-corrected chi connectivity index (χ2v) is 10.2. The molecule has 0 aliphatic heterocycles. The first-order valence-electron chi connectivity index (χ1n) is 13.6. The first-order valence-corrected chi connectivity index (χ1v) is 14.6. The molecule has 0 bridgehead atoms. The fourth-order valence-corrected chi connectivity index (χ4v) is 5.08. The molecule has 2 aromatic carbocycles. The minimum absolute atomic E-state index is 0.131. The van der Waals surface area contributed by atoms with Crippen LogP contribution in [0.5, 0.6) is 0 Å². The van der Waals surface area contributed by atoms with Gasteiger partial charge in [-0.2, -0.15) is 5.26 Å². The summed E-state index contributed by atoms with van der Waals surface area (Å²) in [5, 5.41) is 10.5. The minimum Gasteiger partial charge on any atom is -0.465 e. The van der Waals surface area contributed by atoms with Gasteiger partial charge in [0.15, 0.2) is 0 Å². The maximum atomic E-state index is 12.4. The van der Waals surface area contributed by atoms with Crippen molar-refractivity contribution in [2.24, 2.45) is 0 Å². The highest BCUT2D eigenvalue weighted by molar-refractivity contribution is 7.99. The molecule has 0 saturated heterocycles. The van der Waals surface area contributed by atoms with Crippen molar-refractivity contribution < 1.29 is 9.53 Å². The molecule has 0 atom stereocenters. The Balaban J connectivity index is 1.53. The standard InChI is InChI=1S/C32H38N2O2S/c1-2-3-4-5-6-7-8-9-10-17-22-36-31(35)25-37-32-29(24-33)28(26-18-13-11-14-19-26)23-30(34-32)27-20-15-12-16-21-27/h11-16,18-21,23H,2-10,17,22,25H2,1H3. The van der Waals surface area contributed by atoms with E-state index < -0.39 is 0 Å². The van der Waals surface area contributed by atoms with Crippen LogP contribution in [-0.2, 0) is 9.53 Å². The van der Waals surface area contributed by atoms with Crippen molar-refractivity contribution in [3.63, 3.8) is 0 Å². The maximum Gasteiger partial charge on any atom is 0.316 e. The van der Waals surface area contributed by atoms with Crippen molar-refractivity contribution in [1.29, 1.82) is 5.26 Å². The van der Waals surface area contributed by atoms with E-state index in [1.807, 2.05) is 66.7 Å². The zero-order valence-corrected chi connectivity index (χ0v) is 22.8. The van der Waals surface area contributed by atoms with Gasteiger partial charge in [-0.1, -0.05) is 137 Å². The van der Waals surface area contributed by atoms with Crippen LogP contribution in [-0.4, -0.2) is 23.3 Å². The van der Waals surface area contributed by atoms with E-state index in [1.165, 1.54) is 63.1 Å². The molecule has 5 heteroatoms. The number of carbonyl (C=O) groups excluding carboxylic acids is 1. The summed E-state index contributed by atoms with van der Waals surface area (Å²) in [7, 11) is 0. The molecule has 3 rings (SSSR count). The molecule has 37 heavy (non-hydrogen) atoms. The van der Waals surface area contributed by atoms with E-state index in [9.17, 15) is 10.1 Å². The summed E-state index contributed by atoms with van der Waals surface area (Å²) >= 11 is 1.27. The van der Waals surface area contributed by atoms with Gasteiger partial charge in [0.05, 0.1) is 23.6 Å². The van der Waals surface area contributed by atoms with Gasteiger partial charge in [-0.25, -0.2) is 4.98 Å². The zero-order chi connectivity index (χ0) is 26.1. The molecule has 0 amide bonds. The predicted octanol–water partition coefficient (Wildman–Crippen LogP) is 8.84. The Morgan fingerprint density at radius 1 is 0.838 bits per heavy atom. The number of aromatic nitrogens is 1. The topological polar surface area (TPSA) is 63.0 Å². The lowest BCUT2D eigenvalue weighted by molar-refractivity contribution is -0.140. The summed E-state index contributed by atoms with van der Waals surface area (Å²) in [5.41, 5.74) is 4.00. The second kappa shape index (κ2) is 16.6. The van der Waals surface area contributed by atoms with Crippen molar-refractivity contribution in [1.82, 2.24) is 4.98 Å². The predicted molar refractivity (Wildman–Crippen MR) is 153 cm³/mol. The molecule has 0 spiro atoms. The van der Waals surface area contributed by atoms with Gasteiger partial charge in [-0.3, -0.25) is 4.79 Å². The Morgan fingerprint density at radius 2 is 1.41 bits per heavy atom. The Labute approximate surface area is 226 Å². The fourth-order valence-electron chi connectivity index (χ4n) is 4.28. The molecule has 1 aromatic heterocycles. The van der Waals surface area contributed by atoms with E-state index in [0.29, 0.717) is 17.2 Å². The highest BCUT2D eigenvalue weighted by Gasteiger charge is 2.17. The van der Waals surface area contributed by atoms with Gasteiger partial charge in [0.2, 0.25) is 0 Å². The number of unbranched alkanes of at least 4 members (excludes halogenated alkanes) is 9. The molecule has 0 N–H and O–H groups in total. The zero-order valence-electron chi connectivity index (χ0n) is 22.0. The van der Waals surface area contributed by atoms with Gasteiger partial charge in [-0.15, -0.1) is 0 Å². The summed E-state index contributed by atoms with van der Waals surface area (Å²) in [6.45, 7) is 2.70. The minimum atomic E-state index is -0.266. The van der Waals surface area contributed by atoms with Crippen LogP contribution in [0, 0.1) is 11.3 Å². The Kier molecular flexibility index (Phi) is 12.8. The normalized spacial score (nSPS) is 10.7. The largest absolute Gasteiger partial charge is 0.465 e. The quantitative estimate of drug-likeness (QED) is 0.108. The van der Waals surface area contributed by atoms with Gasteiger partial charge in [0, 0.05) is 11.1 Å². The maximum absolute atomic E-state index is 12.4. The molecule has 194 valence electrons. The van der Waals surface area contributed by atoms with Crippen LogP contribution in [0.3, 0.4) is 0 Å². The molecular weight excluding hydrogens is 476 g/mol. The van der Waals surface area contributed by atoms with Gasteiger partial charge >= 0.3 is 5.97 Å². The first kappa shape index (κ1) is 28.5. The van der Waals surface area contributed by atoms with Crippen molar-refractivity contribution in [3.8, 4) is 28.5 Å². The smallest absolute Gasteiger partial charge is 0.316 e. The number of nitriles is 1. The van der Waals surface area contributed by atoms with Gasteiger partial charge in [-0.05, 0) is 18.1 Å². The van der Waals surface area contributed by atoms with Gasteiger partial charge in [0.25, 0.3) is 0 Å². The van der Waals surface area contributed by atoms with E-state index in [1.54, 1.807) is 0 Å². The van der Waals surface area contributed by atoms with Crippen LogP contribution in [0.4, 0.5) is 0 Å². The number of hydrogen-bond donors (Lipinski definition) is 0. The van der Waals surface area contributed by atoms with E-state index >= 15 is 0 Å². The lowest BCUT2D eigenvalue weighted by Crippen LogP contribution is -2.09. The molecule has 0 aliphatic carbocycles. The third-order valence-corrected chi connectivity index (χ3v) is 7.29. The summed E-state index contributed by atoms with van der Waals surface area (Å²) in [6.07, 6.45) is 12.5. The summed E-state index contributed by atoms with van der Waals surface area (Å²) in [6, 6.07) is 24.0. The molecule has 0 fully saturated rings. The third-order valence-electron chi connectivity index (χ3n) is 6.34. The number of rotatable bonds is 16. The lowest BCUT2D eigenvalue weighted by atomic mass is 9.99. The Hall–Kier alpha value is -3.10. The number of carbonyl (C=O) groups is 1. The van der Waals surface area contributed by atoms with Gasteiger partial charge in [0.1, 0.15) is 11.1 Å². The average Bonchev–Trinajstić information content (AvgIpc) is 2.95. The van der Waals surface area contributed by atoms with Crippen LogP contribution in [0.2, 0.25) is 0 Å². The van der Waals surface area contributed by atoms with Crippen molar-refractivity contribution in [2.45, 2.75) is 76.2 Å². The third kappa shape index (κ3) is 9.70. The number of nitrogens with zero attached hydrogens (tertiary/aromatic N) is 2. The lowest BCUT2D eigenvalue weighted by Gasteiger charge is -2.12. The number of pyridine rings is 1. The monoisotopic (exact) mass is 514 g/mol.